The van der Waals surface area contributed by atoms with Gasteiger partial charge in [-0.3, -0.25) is 67.3 Å². The van der Waals surface area contributed by atoms with Gasteiger partial charge in [0.25, 0.3) is 0 Å². The van der Waals surface area contributed by atoms with E-state index in [0.29, 0.717) is 69.0 Å². The number of hydrogen-bond donors (Lipinski definition) is 22. The lowest BCUT2D eigenvalue weighted by atomic mass is 9.98. The summed E-state index contributed by atoms with van der Waals surface area (Å²) in [4.78, 5) is 205. The van der Waals surface area contributed by atoms with Gasteiger partial charge in [0, 0.05) is 19.4 Å². The second-order valence-electron chi connectivity index (χ2n) is 34.8. The molecule has 0 unspecified atom stereocenters. The number of aliphatic carboxylic acids is 1. The molecule has 0 spiro atoms. The van der Waals surface area contributed by atoms with Gasteiger partial charge in [0.1, 0.15) is 84.3 Å². The van der Waals surface area contributed by atoms with Crippen molar-refractivity contribution >= 4 is 88.7 Å². The molecular weight excluding hydrogens is 1600 g/mol. The number of amides is 13. The van der Waals surface area contributed by atoms with Crippen molar-refractivity contribution in [2.45, 2.75) is 316 Å². The van der Waals surface area contributed by atoms with Crippen LogP contribution in [0.2, 0.25) is 0 Å². The maximum absolute atomic E-state index is 15.3. The van der Waals surface area contributed by atoms with Crippen molar-refractivity contribution < 1.29 is 77.3 Å². The number of nitrogens with two attached hydrogens (primary N) is 7. The van der Waals surface area contributed by atoms with E-state index in [-0.39, 0.29) is 163 Å². The van der Waals surface area contributed by atoms with Crippen LogP contribution in [0.3, 0.4) is 0 Å². The molecule has 700 valence electrons. The molecule has 37 nitrogen and oxygen atoms in total. The summed E-state index contributed by atoms with van der Waals surface area (Å²) in [5, 5.41) is 56.1. The van der Waals surface area contributed by atoms with Crippen LogP contribution in [0.1, 0.15) is 230 Å². The fourth-order valence-electron chi connectivity index (χ4n) is 13.8. The highest BCUT2D eigenvalue weighted by atomic mass is 16.4. The molecule has 29 N–H and O–H groups in total. The van der Waals surface area contributed by atoms with E-state index >= 15 is 14.4 Å². The highest BCUT2D eigenvalue weighted by Gasteiger charge is 2.39. The molecule has 2 aromatic carbocycles. The van der Waals surface area contributed by atoms with Crippen molar-refractivity contribution in [2.24, 2.45) is 80.6 Å². The fourth-order valence-corrected chi connectivity index (χ4v) is 13.8. The number of rotatable bonds is 63. The van der Waals surface area contributed by atoms with Gasteiger partial charge in [0.05, 0.1) is 6.04 Å². The predicted octanol–water partition coefficient (Wildman–Crippen LogP) is 0.758. The van der Waals surface area contributed by atoms with Crippen molar-refractivity contribution in [3.05, 3.63) is 65.7 Å². The molecule has 0 aliphatic rings. The number of phenolic OH excluding ortho intramolecular Hbond substituents is 1. The van der Waals surface area contributed by atoms with Crippen molar-refractivity contribution in [1.82, 2.24) is 69.1 Å². The minimum Gasteiger partial charge on any atom is -0.508 e. The van der Waals surface area contributed by atoms with Gasteiger partial charge in [-0.1, -0.05) is 126 Å². The Hall–Kier alpha value is -10.1. The molecule has 0 saturated heterocycles. The lowest BCUT2D eigenvalue weighted by molar-refractivity contribution is -0.143. The lowest BCUT2D eigenvalue weighted by Gasteiger charge is -2.29. The number of carboxylic acid groups (broad SMARTS) is 1. The summed E-state index contributed by atoms with van der Waals surface area (Å²) in [5.41, 5.74) is 41.8. The third-order valence-electron chi connectivity index (χ3n) is 20.3. The number of carboxylic acids is 1. The van der Waals surface area contributed by atoms with Crippen LogP contribution >= 0.6 is 0 Å². The predicted molar refractivity (Wildman–Crippen MR) is 477 cm³/mol. The molecular formula is C87H151N21O16. The molecule has 2 rings (SSSR count). The smallest absolute Gasteiger partial charge is 0.326 e. The SMILES string of the molecule is CC(C)C[C@H](NC(=O)[C@H](CCCCN)NC(=O)[C@H](CC(C)C)NC(=O)[C@H](CC(C)C)NC(=O)[C@H](CCCCN)NC(=O)[C@H](Cc1ccc(O)cc1)NC(=O)[C@H](Cc1ccccc1)NC(=O)[C@H](CC(C)C)NC(=O)[C@H](CCCN=C(N)N)NC(=O)[C@H](C)NC(=O)[C@H](CC(C)C)NC(=O)[C@H](CCCCN)NC(=O)[C@H](CCCCN)NC(=O)[C@@H](N)CC(C)C)C(=O)O. The first-order chi connectivity index (χ1) is 58.5. The number of phenols is 1. The van der Waals surface area contributed by atoms with Gasteiger partial charge in [-0.2, -0.15) is 0 Å². The van der Waals surface area contributed by atoms with Crippen LogP contribution in [0.4, 0.5) is 0 Å². The van der Waals surface area contributed by atoms with Crippen LogP contribution < -0.4 is 109 Å². The van der Waals surface area contributed by atoms with Gasteiger partial charge in [-0.25, -0.2) is 4.79 Å². The normalized spacial score (nSPS) is 14.8. The monoisotopic (exact) mass is 1750 g/mol. The van der Waals surface area contributed by atoms with E-state index in [9.17, 15) is 63.0 Å². The zero-order valence-electron chi connectivity index (χ0n) is 75.4. The van der Waals surface area contributed by atoms with Crippen LogP contribution in [-0.2, 0) is 80.0 Å². The zero-order chi connectivity index (χ0) is 93.3. The number of aliphatic imine (C=N–C) groups is 1. The Morgan fingerprint density at radius 2 is 0.548 bits per heavy atom. The standard InChI is InChI=1S/C87H151N21O16/c1-50(2)42-60(92)74(111)98-61(28-17-21-37-88)75(112)99-62(29-18-22-38-89)76(113)102-66(43-51(3)4)80(117)96-56(13)73(110)97-65(32-25-41-95-87(93)94)78(115)104-69(46-54(9)10)83(120)106-70(48-57-26-15-14-16-27-57)85(122)107-71(49-58-33-35-59(109)36-34-58)84(121)101-63(30-19-23-39-90)77(114)103-68(45-53(7)8)82(119)105-67(44-52(5)6)81(118)100-64(31-20-24-40-91)79(116)108-72(86(123)124)47-55(11)12/h14-16,26-27,33-36,50-56,60-72,109H,17-25,28-32,37-49,88-92H2,1-13H3,(H,96,117)(H,97,110)(H,98,111)(H,99,112)(H,100,118)(H,101,121)(H,102,113)(H,103,114)(H,104,115)(H,105,119)(H,106,120)(H,107,122)(H,108,116)(H,123,124)(H4,93,94,95)/t56-,60-,61-,62-,63-,64-,65-,66-,67-,68-,69-,70-,71-,72-/m0/s1. The van der Waals surface area contributed by atoms with E-state index in [0.717, 1.165) is 0 Å². The Balaban J connectivity index is 2.67. The summed E-state index contributed by atoms with van der Waals surface area (Å²) in [6, 6.07) is -3.76. The Morgan fingerprint density at radius 1 is 0.298 bits per heavy atom. The molecule has 124 heavy (non-hydrogen) atoms. The summed E-state index contributed by atoms with van der Waals surface area (Å²) in [6.07, 6.45) is 4.05. The third kappa shape index (κ3) is 45.0. The molecule has 37 heteroatoms. The number of nitrogens with one attached hydrogen (secondary N) is 13. The second-order valence-corrected chi connectivity index (χ2v) is 34.8. The van der Waals surface area contributed by atoms with E-state index in [1.165, 1.54) is 31.2 Å². The average molecular weight is 1750 g/mol. The van der Waals surface area contributed by atoms with Gasteiger partial charge >= 0.3 is 5.97 Å². The van der Waals surface area contributed by atoms with Crippen LogP contribution in [0, 0.1) is 35.5 Å². The Labute approximate surface area is 732 Å². The number of aromatic hydroxyl groups is 1. The van der Waals surface area contributed by atoms with Crippen LogP contribution in [0.25, 0.3) is 0 Å². The topological polar surface area (TPSA) is 630 Å². The van der Waals surface area contributed by atoms with Crippen molar-refractivity contribution in [3.63, 3.8) is 0 Å². The number of guanidine groups is 1. The largest absolute Gasteiger partial charge is 0.508 e. The van der Waals surface area contributed by atoms with E-state index in [2.05, 4.69) is 74.1 Å². The number of benzene rings is 2. The van der Waals surface area contributed by atoms with Crippen molar-refractivity contribution in [1.29, 1.82) is 0 Å². The second kappa shape index (κ2) is 59.7. The molecule has 0 saturated carbocycles. The highest BCUT2D eigenvalue weighted by molar-refractivity contribution is 6.00. The summed E-state index contributed by atoms with van der Waals surface area (Å²) >= 11 is 0. The van der Waals surface area contributed by atoms with Crippen LogP contribution in [-0.4, -0.2) is 216 Å². The van der Waals surface area contributed by atoms with Gasteiger partial charge in [0.2, 0.25) is 76.8 Å². The van der Waals surface area contributed by atoms with E-state index < -0.39 is 167 Å². The molecule has 0 fully saturated rings. The first-order valence-electron chi connectivity index (χ1n) is 44.1. The van der Waals surface area contributed by atoms with Gasteiger partial charge < -0.3 is 119 Å². The molecule has 13 amide bonds. The zero-order valence-corrected chi connectivity index (χ0v) is 75.4. The molecule has 0 aliphatic carbocycles. The average Bonchev–Trinajstić information content (AvgIpc) is 0.851. The number of unbranched alkanes of at least 4 members (excludes halogenated alkanes) is 4. The van der Waals surface area contributed by atoms with E-state index in [1.807, 2.05) is 55.4 Å². The lowest BCUT2D eigenvalue weighted by Crippen LogP contribution is -2.61. The molecule has 2 aromatic rings. The Bertz CT molecular complexity index is 3660. The van der Waals surface area contributed by atoms with Gasteiger partial charge in [0.15, 0.2) is 5.96 Å². The molecule has 0 aromatic heterocycles. The maximum Gasteiger partial charge on any atom is 0.326 e. The third-order valence-corrected chi connectivity index (χ3v) is 20.3. The van der Waals surface area contributed by atoms with Crippen molar-refractivity contribution in [2.75, 3.05) is 32.7 Å². The molecule has 14 atom stereocenters. The molecule has 0 aliphatic heterocycles. The fraction of sp³-hybridized carbons (Fsp3) is 0.690. The highest BCUT2D eigenvalue weighted by Crippen LogP contribution is 2.19. The first-order valence-corrected chi connectivity index (χ1v) is 44.1. The minimum atomic E-state index is -1.53. The molecule has 0 radical (unpaired) electrons. The van der Waals surface area contributed by atoms with E-state index in [1.54, 1.807) is 58.0 Å². The van der Waals surface area contributed by atoms with Crippen LogP contribution in [0.5, 0.6) is 5.75 Å². The van der Waals surface area contributed by atoms with Crippen LogP contribution in [0.15, 0.2) is 59.6 Å². The first kappa shape index (κ1) is 110. The summed E-state index contributed by atoms with van der Waals surface area (Å²) < 4.78 is 0. The summed E-state index contributed by atoms with van der Waals surface area (Å²) in [6.45, 7) is 24.3. The Morgan fingerprint density at radius 3 is 0.855 bits per heavy atom. The summed E-state index contributed by atoms with van der Waals surface area (Å²) in [5.74, 6) is -12.7. The maximum atomic E-state index is 15.3. The summed E-state index contributed by atoms with van der Waals surface area (Å²) in [7, 11) is 0. The van der Waals surface area contributed by atoms with Gasteiger partial charge in [-0.05, 0) is 220 Å². The quantitative estimate of drug-likeness (QED) is 0.0247. The number of carbonyl (C=O) groups excluding carboxylic acids is 13. The number of hydrogen-bond acceptors (Lipinski definition) is 21. The number of carbonyl (C=O) groups is 14. The molecule has 0 heterocycles. The van der Waals surface area contributed by atoms with Crippen molar-refractivity contribution in [3.8, 4) is 5.75 Å². The van der Waals surface area contributed by atoms with E-state index in [4.69, 9.17) is 40.1 Å². The minimum absolute atomic E-state index is 0.00232. The van der Waals surface area contributed by atoms with Gasteiger partial charge in [-0.15, -0.1) is 0 Å². The Kier molecular flexibility index (Phi) is 52.9. The number of nitrogens with zero attached hydrogens (tertiary/aromatic N) is 1. The molecule has 0 bridgehead atoms.